The number of amides is 1. The molecule has 0 saturated carbocycles. The van der Waals surface area contributed by atoms with E-state index < -0.39 is 0 Å². The fourth-order valence-corrected chi connectivity index (χ4v) is 1.09. The molecule has 3 nitrogen and oxygen atoms in total. The topological polar surface area (TPSA) is 41.1 Å². The molecular weight excluding hydrogens is 152 g/mol. The van der Waals surface area contributed by atoms with Gasteiger partial charge in [0.15, 0.2) is 0 Å². The molecule has 0 fully saturated rings. The average molecular weight is 172 g/mol. The largest absolute Gasteiger partial charge is 0.292 e. The second-order valence-corrected chi connectivity index (χ2v) is 2.96. The maximum Gasteiger partial charge on any atom is 0.234 e. The van der Waals surface area contributed by atoms with E-state index in [4.69, 9.17) is 0 Å². The van der Waals surface area contributed by atoms with Gasteiger partial charge >= 0.3 is 0 Å². The second kappa shape index (κ2) is 8.53. The van der Waals surface area contributed by atoms with Crippen LogP contribution in [0.2, 0.25) is 0 Å². The summed E-state index contributed by atoms with van der Waals surface area (Å²) in [5.74, 6) is 0.0917. The van der Waals surface area contributed by atoms with E-state index in [0.29, 0.717) is 6.42 Å². The lowest BCUT2D eigenvalue weighted by atomic mass is 10.1. The molecule has 0 heterocycles. The van der Waals surface area contributed by atoms with Crippen molar-refractivity contribution in [1.82, 2.24) is 10.9 Å². The minimum atomic E-state index is 0.0917. The molecule has 0 aromatic carbocycles. The van der Waals surface area contributed by atoms with Crippen LogP contribution in [0.1, 0.15) is 45.4 Å². The lowest BCUT2D eigenvalue weighted by molar-refractivity contribution is -0.122. The third-order valence-electron chi connectivity index (χ3n) is 1.77. The number of carbonyl (C=O) groups excluding carboxylic acids is 1. The first-order valence-corrected chi connectivity index (χ1v) is 4.76. The van der Waals surface area contributed by atoms with Gasteiger partial charge in [-0.15, -0.1) is 0 Å². The highest BCUT2D eigenvalue weighted by Gasteiger charge is 1.97. The molecule has 0 saturated heterocycles. The molecule has 12 heavy (non-hydrogen) atoms. The molecular formula is C9H20N2O. The van der Waals surface area contributed by atoms with Gasteiger partial charge in [-0.2, -0.15) is 0 Å². The highest BCUT2D eigenvalue weighted by molar-refractivity contribution is 5.75. The zero-order valence-corrected chi connectivity index (χ0v) is 8.15. The molecule has 0 aliphatic carbocycles. The molecule has 0 aromatic rings. The van der Waals surface area contributed by atoms with Crippen LogP contribution in [0.3, 0.4) is 0 Å². The van der Waals surface area contributed by atoms with Crippen LogP contribution in [0.4, 0.5) is 0 Å². The number of hydrazine groups is 1. The van der Waals surface area contributed by atoms with Crippen LogP contribution in [0.25, 0.3) is 0 Å². The molecule has 72 valence electrons. The summed E-state index contributed by atoms with van der Waals surface area (Å²) in [7, 11) is 1.70. The zero-order valence-electron chi connectivity index (χ0n) is 8.15. The van der Waals surface area contributed by atoms with Crippen molar-refractivity contribution in [3.8, 4) is 0 Å². The van der Waals surface area contributed by atoms with E-state index in [1.165, 1.54) is 25.7 Å². The number of hydrogen-bond acceptors (Lipinski definition) is 2. The summed E-state index contributed by atoms with van der Waals surface area (Å²) in [5.41, 5.74) is 5.17. The summed E-state index contributed by atoms with van der Waals surface area (Å²) in [5, 5.41) is 0. The van der Waals surface area contributed by atoms with Gasteiger partial charge in [-0.25, -0.2) is 5.43 Å². The van der Waals surface area contributed by atoms with E-state index in [2.05, 4.69) is 17.8 Å². The first-order chi connectivity index (χ1) is 5.81. The predicted molar refractivity (Wildman–Crippen MR) is 50.6 cm³/mol. The van der Waals surface area contributed by atoms with Gasteiger partial charge in [-0.05, 0) is 6.42 Å². The molecule has 0 radical (unpaired) electrons. The molecule has 0 aliphatic rings. The lowest BCUT2D eigenvalue weighted by Gasteiger charge is -2.01. The molecule has 0 aromatic heterocycles. The van der Waals surface area contributed by atoms with Crippen molar-refractivity contribution >= 4 is 5.91 Å². The van der Waals surface area contributed by atoms with Crippen LogP contribution >= 0.6 is 0 Å². The summed E-state index contributed by atoms with van der Waals surface area (Å²) in [4.78, 5) is 10.9. The van der Waals surface area contributed by atoms with Crippen LogP contribution in [-0.2, 0) is 4.79 Å². The Morgan fingerprint density at radius 2 is 1.83 bits per heavy atom. The maximum absolute atomic E-state index is 10.9. The standard InChI is InChI=1S/C9H20N2O/c1-3-4-5-6-7-8-9(12)11-10-2/h10H,3-8H2,1-2H3,(H,11,12). The van der Waals surface area contributed by atoms with Gasteiger partial charge in [0, 0.05) is 13.5 Å². The molecule has 0 rings (SSSR count). The van der Waals surface area contributed by atoms with E-state index in [9.17, 15) is 4.79 Å². The molecule has 2 N–H and O–H groups in total. The van der Waals surface area contributed by atoms with Crippen LogP contribution in [0.5, 0.6) is 0 Å². The fourth-order valence-electron chi connectivity index (χ4n) is 1.09. The minimum Gasteiger partial charge on any atom is -0.292 e. The molecule has 0 atom stereocenters. The van der Waals surface area contributed by atoms with Gasteiger partial charge in [0.05, 0.1) is 0 Å². The third kappa shape index (κ3) is 7.54. The number of carbonyl (C=O) groups is 1. The predicted octanol–water partition coefficient (Wildman–Crippen LogP) is 1.60. The molecule has 0 spiro atoms. The van der Waals surface area contributed by atoms with Crippen molar-refractivity contribution in [3.63, 3.8) is 0 Å². The van der Waals surface area contributed by atoms with Gasteiger partial charge in [-0.3, -0.25) is 10.2 Å². The average Bonchev–Trinajstić information content (AvgIpc) is 2.05. The van der Waals surface area contributed by atoms with Crippen molar-refractivity contribution in [1.29, 1.82) is 0 Å². The molecule has 0 aliphatic heterocycles. The highest BCUT2D eigenvalue weighted by Crippen LogP contribution is 2.04. The summed E-state index contributed by atoms with van der Waals surface area (Å²) in [6, 6.07) is 0. The Kier molecular flexibility index (Phi) is 8.12. The summed E-state index contributed by atoms with van der Waals surface area (Å²) in [6.45, 7) is 2.19. The summed E-state index contributed by atoms with van der Waals surface area (Å²) < 4.78 is 0. The van der Waals surface area contributed by atoms with E-state index in [1.54, 1.807) is 7.05 Å². The van der Waals surface area contributed by atoms with Crippen LogP contribution in [0, 0.1) is 0 Å². The first kappa shape index (κ1) is 11.4. The van der Waals surface area contributed by atoms with E-state index in [-0.39, 0.29) is 5.91 Å². The Morgan fingerprint density at radius 1 is 1.17 bits per heavy atom. The number of nitrogens with one attached hydrogen (secondary N) is 2. The zero-order chi connectivity index (χ0) is 9.23. The highest BCUT2D eigenvalue weighted by atomic mass is 16.2. The number of hydrogen-bond donors (Lipinski definition) is 2. The van der Waals surface area contributed by atoms with Crippen molar-refractivity contribution in [2.24, 2.45) is 0 Å². The third-order valence-corrected chi connectivity index (χ3v) is 1.77. The molecule has 0 bridgehead atoms. The molecule has 1 amide bonds. The monoisotopic (exact) mass is 172 g/mol. The minimum absolute atomic E-state index is 0.0917. The molecule has 0 unspecified atom stereocenters. The van der Waals surface area contributed by atoms with Crippen LogP contribution in [-0.4, -0.2) is 13.0 Å². The van der Waals surface area contributed by atoms with Crippen molar-refractivity contribution in [3.05, 3.63) is 0 Å². The molecule has 3 heteroatoms. The van der Waals surface area contributed by atoms with Gasteiger partial charge in [0.2, 0.25) is 5.91 Å². The van der Waals surface area contributed by atoms with Gasteiger partial charge in [0.25, 0.3) is 0 Å². The van der Waals surface area contributed by atoms with Crippen molar-refractivity contribution in [2.75, 3.05) is 7.05 Å². The maximum atomic E-state index is 10.9. The Hall–Kier alpha value is -0.570. The smallest absolute Gasteiger partial charge is 0.234 e. The van der Waals surface area contributed by atoms with Gasteiger partial charge in [-0.1, -0.05) is 32.6 Å². The van der Waals surface area contributed by atoms with Gasteiger partial charge < -0.3 is 0 Å². The summed E-state index contributed by atoms with van der Waals surface area (Å²) in [6.07, 6.45) is 6.61. The Balaban J connectivity index is 3.03. The van der Waals surface area contributed by atoms with E-state index in [0.717, 1.165) is 6.42 Å². The van der Waals surface area contributed by atoms with E-state index >= 15 is 0 Å². The number of unbranched alkanes of at least 4 members (excludes halogenated alkanes) is 4. The fraction of sp³-hybridized carbons (Fsp3) is 0.889. The van der Waals surface area contributed by atoms with Crippen molar-refractivity contribution in [2.45, 2.75) is 45.4 Å². The van der Waals surface area contributed by atoms with Crippen LogP contribution < -0.4 is 10.9 Å². The quantitative estimate of drug-likeness (QED) is 0.452. The van der Waals surface area contributed by atoms with E-state index in [1.807, 2.05) is 0 Å². The Morgan fingerprint density at radius 3 is 2.42 bits per heavy atom. The number of rotatable bonds is 7. The van der Waals surface area contributed by atoms with Crippen molar-refractivity contribution < 1.29 is 4.79 Å². The Bertz CT molecular complexity index is 115. The lowest BCUT2D eigenvalue weighted by Crippen LogP contribution is -2.33. The SMILES string of the molecule is CCCCCCCC(=O)NNC. The first-order valence-electron chi connectivity index (χ1n) is 4.76. The van der Waals surface area contributed by atoms with Gasteiger partial charge in [0.1, 0.15) is 0 Å². The Labute approximate surface area is 74.9 Å². The van der Waals surface area contributed by atoms with Crippen LogP contribution in [0.15, 0.2) is 0 Å². The normalized spacial score (nSPS) is 9.83. The summed E-state index contributed by atoms with van der Waals surface area (Å²) >= 11 is 0. The second-order valence-electron chi connectivity index (χ2n) is 2.96.